The normalized spacial score (nSPS) is 10.9. The first-order valence-electron chi connectivity index (χ1n) is 11.5. The summed E-state index contributed by atoms with van der Waals surface area (Å²) in [7, 11) is 0. The molecule has 1 amide bonds. The summed E-state index contributed by atoms with van der Waals surface area (Å²) in [5, 5.41) is 15.4. The van der Waals surface area contributed by atoms with Crippen LogP contribution >= 0.6 is 23.1 Å². The molecule has 0 spiro atoms. The van der Waals surface area contributed by atoms with E-state index < -0.39 is 0 Å². The minimum Gasteiger partial charge on any atom is -0.347 e. The van der Waals surface area contributed by atoms with Gasteiger partial charge in [0.15, 0.2) is 5.16 Å². The summed E-state index contributed by atoms with van der Waals surface area (Å²) in [6.45, 7) is 2.51. The molecule has 180 valence electrons. The summed E-state index contributed by atoms with van der Waals surface area (Å²) in [6.07, 6.45) is 4.10. The first-order chi connectivity index (χ1) is 17.7. The van der Waals surface area contributed by atoms with Crippen LogP contribution in [0.5, 0.6) is 0 Å². The lowest BCUT2D eigenvalue weighted by atomic mass is 10.1. The standard InChI is InChI=1S/C27H24N6OS2/c1-19-7-9-22(10-8-19)33-24(15-20-5-3-2-4-6-20)31-32-27(33)36-18-25-30-23(17-35-25)26(34)29-16-21-11-13-28-14-12-21/h2-14,17H,15-16,18H2,1H3,(H,29,34). The van der Waals surface area contributed by atoms with Gasteiger partial charge in [0.2, 0.25) is 0 Å². The van der Waals surface area contributed by atoms with Gasteiger partial charge >= 0.3 is 0 Å². The van der Waals surface area contributed by atoms with Gasteiger partial charge in [-0.3, -0.25) is 14.3 Å². The molecule has 5 rings (SSSR count). The minimum atomic E-state index is -0.188. The van der Waals surface area contributed by atoms with Gasteiger partial charge in [0.05, 0.1) is 5.75 Å². The number of carbonyl (C=O) groups is 1. The number of carbonyl (C=O) groups excluding carboxylic acids is 1. The molecule has 0 radical (unpaired) electrons. The first kappa shape index (κ1) is 23.9. The van der Waals surface area contributed by atoms with Crippen molar-refractivity contribution >= 4 is 29.0 Å². The molecule has 3 heterocycles. The number of hydrogen-bond acceptors (Lipinski definition) is 7. The Kier molecular flexibility index (Phi) is 7.49. The van der Waals surface area contributed by atoms with Gasteiger partial charge in [0, 0.05) is 36.4 Å². The molecule has 2 aromatic carbocycles. The molecule has 0 unspecified atom stereocenters. The lowest BCUT2D eigenvalue weighted by molar-refractivity contribution is 0.0946. The van der Waals surface area contributed by atoms with E-state index in [1.54, 1.807) is 29.5 Å². The second kappa shape index (κ2) is 11.3. The number of thiazole rings is 1. The molecule has 36 heavy (non-hydrogen) atoms. The molecule has 5 aromatic rings. The predicted molar refractivity (Wildman–Crippen MR) is 142 cm³/mol. The number of pyridine rings is 1. The Bertz CT molecular complexity index is 1430. The maximum atomic E-state index is 12.5. The van der Waals surface area contributed by atoms with E-state index >= 15 is 0 Å². The molecule has 0 fully saturated rings. The summed E-state index contributed by atoms with van der Waals surface area (Å²) in [4.78, 5) is 21.1. The molecule has 1 N–H and O–H groups in total. The fraction of sp³-hybridized carbons (Fsp3) is 0.148. The third kappa shape index (κ3) is 5.87. The highest BCUT2D eigenvalue weighted by Crippen LogP contribution is 2.27. The van der Waals surface area contributed by atoms with E-state index in [4.69, 9.17) is 0 Å². The van der Waals surface area contributed by atoms with Crippen molar-refractivity contribution in [1.82, 2.24) is 30.0 Å². The second-order valence-corrected chi connectivity index (χ2v) is 10.1. The lowest BCUT2D eigenvalue weighted by Gasteiger charge is -2.10. The second-order valence-electron chi connectivity index (χ2n) is 8.19. The van der Waals surface area contributed by atoms with Crippen molar-refractivity contribution in [3.8, 4) is 5.69 Å². The van der Waals surface area contributed by atoms with Crippen LogP contribution in [-0.2, 0) is 18.7 Å². The van der Waals surface area contributed by atoms with Gasteiger partial charge in [-0.05, 0) is 42.3 Å². The van der Waals surface area contributed by atoms with Crippen LogP contribution in [0.2, 0.25) is 0 Å². The Morgan fingerprint density at radius 1 is 0.972 bits per heavy atom. The van der Waals surface area contributed by atoms with Crippen LogP contribution in [0.1, 0.15) is 38.0 Å². The average molecular weight is 513 g/mol. The van der Waals surface area contributed by atoms with E-state index in [2.05, 4.69) is 73.4 Å². The molecule has 7 nitrogen and oxygen atoms in total. The minimum absolute atomic E-state index is 0.188. The Morgan fingerprint density at radius 2 is 1.75 bits per heavy atom. The van der Waals surface area contributed by atoms with Crippen LogP contribution < -0.4 is 5.32 Å². The van der Waals surface area contributed by atoms with Gasteiger partial charge in [-0.1, -0.05) is 59.8 Å². The Morgan fingerprint density at radius 3 is 2.53 bits per heavy atom. The summed E-state index contributed by atoms with van der Waals surface area (Å²) < 4.78 is 2.10. The molecule has 3 aromatic heterocycles. The third-order valence-corrected chi connectivity index (χ3v) is 7.48. The molecule has 0 saturated heterocycles. The molecule has 0 bridgehead atoms. The number of aromatic nitrogens is 5. The quantitative estimate of drug-likeness (QED) is 0.272. The van der Waals surface area contributed by atoms with Crippen LogP contribution in [0.25, 0.3) is 5.69 Å². The van der Waals surface area contributed by atoms with Crippen LogP contribution in [0.3, 0.4) is 0 Å². The maximum Gasteiger partial charge on any atom is 0.271 e. The summed E-state index contributed by atoms with van der Waals surface area (Å²) in [6, 6.07) is 22.4. The molecular formula is C27H24N6OS2. The lowest BCUT2D eigenvalue weighted by Crippen LogP contribution is -2.23. The first-order valence-corrected chi connectivity index (χ1v) is 13.3. The Labute approximate surface area is 217 Å². The van der Waals surface area contributed by atoms with Crippen molar-refractivity contribution in [2.75, 3.05) is 0 Å². The van der Waals surface area contributed by atoms with Crippen molar-refractivity contribution in [2.45, 2.75) is 30.8 Å². The van der Waals surface area contributed by atoms with Gasteiger partial charge < -0.3 is 5.32 Å². The number of rotatable bonds is 9. The van der Waals surface area contributed by atoms with Gasteiger partial charge in [-0.2, -0.15) is 0 Å². The van der Waals surface area contributed by atoms with E-state index in [-0.39, 0.29) is 5.91 Å². The number of nitrogens with zero attached hydrogens (tertiary/aromatic N) is 5. The number of amides is 1. The fourth-order valence-electron chi connectivity index (χ4n) is 3.62. The number of nitrogens with one attached hydrogen (secondary N) is 1. The third-order valence-electron chi connectivity index (χ3n) is 5.51. The van der Waals surface area contributed by atoms with E-state index in [1.807, 2.05) is 30.3 Å². The van der Waals surface area contributed by atoms with E-state index in [1.165, 1.54) is 22.5 Å². The van der Waals surface area contributed by atoms with Crippen LogP contribution in [0, 0.1) is 6.92 Å². The van der Waals surface area contributed by atoms with Gasteiger partial charge in [-0.15, -0.1) is 21.5 Å². The Balaban J connectivity index is 1.30. The SMILES string of the molecule is Cc1ccc(-n2c(Cc3ccccc3)nnc2SCc2nc(C(=O)NCc3ccncc3)cs2)cc1. The molecule has 0 aliphatic carbocycles. The van der Waals surface area contributed by atoms with Crippen molar-refractivity contribution < 1.29 is 4.79 Å². The zero-order valence-corrected chi connectivity index (χ0v) is 21.3. The van der Waals surface area contributed by atoms with Gasteiger partial charge in [0.1, 0.15) is 16.5 Å². The Hall–Kier alpha value is -3.82. The molecule has 0 saturated carbocycles. The molecule has 0 aliphatic rings. The van der Waals surface area contributed by atoms with Crippen molar-refractivity contribution in [2.24, 2.45) is 0 Å². The number of hydrogen-bond donors (Lipinski definition) is 1. The highest BCUT2D eigenvalue weighted by atomic mass is 32.2. The molecule has 9 heteroatoms. The van der Waals surface area contributed by atoms with Crippen LogP contribution in [0.4, 0.5) is 0 Å². The highest BCUT2D eigenvalue weighted by Gasteiger charge is 2.17. The van der Waals surface area contributed by atoms with E-state index in [0.29, 0.717) is 24.4 Å². The van der Waals surface area contributed by atoms with Crippen LogP contribution in [-0.4, -0.2) is 30.6 Å². The van der Waals surface area contributed by atoms with Crippen molar-refractivity contribution in [1.29, 1.82) is 0 Å². The van der Waals surface area contributed by atoms with Crippen LogP contribution in [0.15, 0.2) is 89.7 Å². The number of benzene rings is 2. The summed E-state index contributed by atoms with van der Waals surface area (Å²) in [5.41, 5.74) is 4.81. The van der Waals surface area contributed by atoms with Gasteiger partial charge in [-0.25, -0.2) is 4.98 Å². The monoisotopic (exact) mass is 512 g/mol. The highest BCUT2D eigenvalue weighted by molar-refractivity contribution is 7.98. The molecule has 0 aliphatic heterocycles. The number of thioether (sulfide) groups is 1. The van der Waals surface area contributed by atoms with Crippen molar-refractivity contribution in [3.63, 3.8) is 0 Å². The summed E-state index contributed by atoms with van der Waals surface area (Å²) >= 11 is 3.04. The summed E-state index contributed by atoms with van der Waals surface area (Å²) in [5.74, 6) is 1.28. The average Bonchev–Trinajstić information content (AvgIpc) is 3.55. The van der Waals surface area contributed by atoms with E-state index in [0.717, 1.165) is 27.2 Å². The molecular weight excluding hydrogens is 488 g/mol. The number of aryl methyl sites for hydroxylation is 1. The van der Waals surface area contributed by atoms with Crippen molar-refractivity contribution in [3.05, 3.63) is 118 Å². The maximum absolute atomic E-state index is 12.5. The zero-order valence-electron chi connectivity index (χ0n) is 19.7. The topological polar surface area (TPSA) is 85.6 Å². The van der Waals surface area contributed by atoms with E-state index in [9.17, 15) is 4.79 Å². The predicted octanol–water partition coefficient (Wildman–Crippen LogP) is 5.24. The largest absolute Gasteiger partial charge is 0.347 e. The smallest absolute Gasteiger partial charge is 0.271 e. The van der Waals surface area contributed by atoms with Gasteiger partial charge in [0.25, 0.3) is 5.91 Å². The fourth-order valence-corrected chi connectivity index (χ4v) is 5.38. The zero-order chi connectivity index (χ0) is 24.7. The molecule has 0 atom stereocenters.